The lowest BCUT2D eigenvalue weighted by atomic mass is 9.98. The molecule has 0 spiro atoms. The third kappa shape index (κ3) is 3.34. The number of benzene rings is 1. The highest BCUT2D eigenvalue weighted by atomic mass is 15.2. The highest BCUT2D eigenvalue weighted by Crippen LogP contribution is 2.27. The molecule has 3 nitrogen and oxygen atoms in total. The van der Waals surface area contributed by atoms with Gasteiger partial charge in [-0.1, -0.05) is 0 Å². The lowest BCUT2D eigenvalue weighted by molar-refractivity contribution is 0.190. The Morgan fingerprint density at radius 1 is 1.14 bits per heavy atom. The van der Waals surface area contributed by atoms with Crippen molar-refractivity contribution in [2.24, 2.45) is 0 Å². The number of piperidine rings is 1. The highest BCUT2D eigenvalue weighted by Gasteiger charge is 2.23. The Balaban J connectivity index is 1.65. The minimum Gasteiger partial charge on any atom is -0.382 e. The molecule has 21 heavy (non-hydrogen) atoms. The Hall–Kier alpha value is -1.22. The van der Waals surface area contributed by atoms with Crippen LogP contribution in [0.4, 0.5) is 11.4 Å². The van der Waals surface area contributed by atoms with Crippen LogP contribution in [0.5, 0.6) is 0 Å². The number of rotatable bonds is 3. The number of nitrogens with one attached hydrogen (secondary N) is 1. The van der Waals surface area contributed by atoms with Gasteiger partial charge in [-0.2, -0.15) is 0 Å². The van der Waals surface area contributed by atoms with Gasteiger partial charge >= 0.3 is 0 Å². The predicted molar refractivity (Wildman–Crippen MR) is 91.4 cm³/mol. The molecule has 0 aliphatic carbocycles. The number of aryl methyl sites for hydroxylation is 1. The average molecular weight is 287 g/mol. The molecular formula is C18H29N3. The summed E-state index contributed by atoms with van der Waals surface area (Å²) in [6, 6.07) is 8.23. The van der Waals surface area contributed by atoms with Crippen molar-refractivity contribution in [2.75, 3.05) is 36.9 Å². The maximum Gasteiger partial charge on any atom is 0.0373 e. The molecule has 0 bridgehead atoms. The normalized spacial score (nSPS) is 27.1. The molecule has 3 heteroatoms. The van der Waals surface area contributed by atoms with Gasteiger partial charge in [0.1, 0.15) is 0 Å². The van der Waals surface area contributed by atoms with Crippen molar-refractivity contribution in [1.82, 2.24) is 4.90 Å². The summed E-state index contributed by atoms with van der Waals surface area (Å²) in [5.74, 6) is 0. The maximum absolute atomic E-state index is 3.77. The van der Waals surface area contributed by atoms with Gasteiger partial charge in [-0.25, -0.2) is 0 Å². The number of nitrogens with zero attached hydrogens (tertiary/aromatic N) is 2. The number of hydrogen-bond donors (Lipinski definition) is 1. The van der Waals surface area contributed by atoms with Gasteiger partial charge in [0.05, 0.1) is 0 Å². The molecule has 2 saturated heterocycles. The molecule has 116 valence electrons. The second-order valence-corrected chi connectivity index (χ2v) is 6.89. The van der Waals surface area contributed by atoms with E-state index >= 15 is 0 Å². The van der Waals surface area contributed by atoms with Gasteiger partial charge in [-0.05, 0) is 70.3 Å². The summed E-state index contributed by atoms with van der Waals surface area (Å²) in [5, 5.41) is 3.77. The first kappa shape index (κ1) is 14.7. The first-order valence-corrected chi connectivity index (χ1v) is 8.46. The Morgan fingerprint density at radius 2 is 1.90 bits per heavy atom. The third-order valence-corrected chi connectivity index (χ3v) is 5.25. The standard InChI is InChI=1S/C18H29N3/c1-14-12-17(21-9-4-5-10-21)6-7-18(14)19-16-8-11-20(3)15(2)13-16/h6-7,12,15-16,19H,4-5,8-11,13H2,1-3H3. The topological polar surface area (TPSA) is 18.5 Å². The molecule has 2 fully saturated rings. The van der Waals surface area contributed by atoms with Crippen molar-refractivity contribution in [3.05, 3.63) is 23.8 Å². The molecule has 1 N–H and O–H groups in total. The van der Waals surface area contributed by atoms with Crippen LogP contribution >= 0.6 is 0 Å². The smallest absolute Gasteiger partial charge is 0.0373 e. The zero-order valence-corrected chi connectivity index (χ0v) is 13.7. The largest absolute Gasteiger partial charge is 0.382 e. The van der Waals surface area contributed by atoms with Crippen LogP contribution in [0, 0.1) is 6.92 Å². The monoisotopic (exact) mass is 287 g/mol. The van der Waals surface area contributed by atoms with E-state index in [1.807, 2.05) is 0 Å². The Labute approximate surface area is 129 Å². The second-order valence-electron chi connectivity index (χ2n) is 6.89. The molecule has 2 heterocycles. The molecule has 2 atom stereocenters. The van der Waals surface area contributed by atoms with Gasteiger partial charge in [0.15, 0.2) is 0 Å². The molecule has 1 aromatic carbocycles. The lowest BCUT2D eigenvalue weighted by Gasteiger charge is -2.36. The summed E-state index contributed by atoms with van der Waals surface area (Å²) in [5.41, 5.74) is 4.10. The van der Waals surface area contributed by atoms with Crippen molar-refractivity contribution in [1.29, 1.82) is 0 Å². The molecule has 2 aliphatic rings. The van der Waals surface area contributed by atoms with Crippen LogP contribution < -0.4 is 10.2 Å². The van der Waals surface area contributed by atoms with E-state index in [1.54, 1.807) is 0 Å². The Kier molecular flexibility index (Phi) is 4.39. The van der Waals surface area contributed by atoms with E-state index in [9.17, 15) is 0 Å². The molecule has 2 aliphatic heterocycles. The second kappa shape index (κ2) is 6.27. The van der Waals surface area contributed by atoms with Crippen molar-refractivity contribution in [3.8, 4) is 0 Å². The molecule has 0 saturated carbocycles. The van der Waals surface area contributed by atoms with Crippen LogP contribution in [0.3, 0.4) is 0 Å². The van der Waals surface area contributed by atoms with E-state index in [-0.39, 0.29) is 0 Å². The fraction of sp³-hybridized carbons (Fsp3) is 0.667. The fourth-order valence-corrected chi connectivity index (χ4v) is 3.62. The van der Waals surface area contributed by atoms with Gasteiger partial charge in [-0.15, -0.1) is 0 Å². The highest BCUT2D eigenvalue weighted by molar-refractivity contribution is 5.61. The van der Waals surface area contributed by atoms with Gasteiger partial charge < -0.3 is 15.1 Å². The Bertz CT molecular complexity index is 479. The molecule has 0 amide bonds. The molecule has 3 rings (SSSR count). The van der Waals surface area contributed by atoms with Crippen molar-refractivity contribution < 1.29 is 0 Å². The summed E-state index contributed by atoms with van der Waals surface area (Å²) < 4.78 is 0. The minimum atomic E-state index is 0.618. The fourth-order valence-electron chi connectivity index (χ4n) is 3.62. The van der Waals surface area contributed by atoms with Crippen LogP contribution in [0.15, 0.2) is 18.2 Å². The Morgan fingerprint density at radius 3 is 2.57 bits per heavy atom. The van der Waals surface area contributed by atoms with Crippen molar-refractivity contribution in [2.45, 2.75) is 51.6 Å². The van der Waals surface area contributed by atoms with Crippen LogP contribution in [0.2, 0.25) is 0 Å². The number of anilines is 2. The predicted octanol–water partition coefficient (Wildman–Crippen LogP) is 3.49. The minimum absolute atomic E-state index is 0.618. The lowest BCUT2D eigenvalue weighted by Crippen LogP contribution is -2.42. The van der Waals surface area contributed by atoms with E-state index in [4.69, 9.17) is 0 Å². The van der Waals surface area contributed by atoms with E-state index in [0.717, 1.165) is 0 Å². The van der Waals surface area contributed by atoms with Crippen LogP contribution in [0.1, 0.15) is 38.2 Å². The van der Waals surface area contributed by atoms with E-state index < -0.39 is 0 Å². The molecule has 0 radical (unpaired) electrons. The molecule has 0 aromatic heterocycles. The first-order valence-electron chi connectivity index (χ1n) is 8.46. The first-order chi connectivity index (χ1) is 10.1. The summed E-state index contributed by atoms with van der Waals surface area (Å²) in [6.07, 6.45) is 5.16. The van der Waals surface area contributed by atoms with E-state index in [0.29, 0.717) is 12.1 Å². The average Bonchev–Trinajstić information content (AvgIpc) is 2.99. The van der Waals surface area contributed by atoms with Crippen LogP contribution in [-0.2, 0) is 0 Å². The maximum atomic E-state index is 3.77. The van der Waals surface area contributed by atoms with Gasteiger partial charge in [0, 0.05) is 43.1 Å². The summed E-state index contributed by atoms with van der Waals surface area (Å²) >= 11 is 0. The van der Waals surface area contributed by atoms with Gasteiger partial charge in [0.25, 0.3) is 0 Å². The zero-order chi connectivity index (χ0) is 14.8. The third-order valence-electron chi connectivity index (χ3n) is 5.25. The van der Waals surface area contributed by atoms with Gasteiger partial charge in [-0.3, -0.25) is 0 Å². The molecule has 1 aromatic rings. The van der Waals surface area contributed by atoms with Crippen molar-refractivity contribution in [3.63, 3.8) is 0 Å². The van der Waals surface area contributed by atoms with Crippen LogP contribution in [0.25, 0.3) is 0 Å². The number of likely N-dealkylation sites (tertiary alicyclic amines) is 1. The SMILES string of the molecule is Cc1cc(N2CCCC2)ccc1NC1CCN(C)C(C)C1. The zero-order valence-electron chi connectivity index (χ0n) is 13.7. The quantitative estimate of drug-likeness (QED) is 0.918. The van der Waals surface area contributed by atoms with E-state index in [2.05, 4.69) is 54.2 Å². The number of hydrogen-bond acceptors (Lipinski definition) is 3. The van der Waals surface area contributed by atoms with Gasteiger partial charge in [0.2, 0.25) is 0 Å². The van der Waals surface area contributed by atoms with Crippen molar-refractivity contribution >= 4 is 11.4 Å². The van der Waals surface area contributed by atoms with E-state index in [1.165, 1.54) is 62.3 Å². The summed E-state index contributed by atoms with van der Waals surface area (Å²) in [6.45, 7) is 8.21. The molecular weight excluding hydrogens is 258 g/mol. The summed E-state index contributed by atoms with van der Waals surface area (Å²) in [7, 11) is 2.23. The summed E-state index contributed by atoms with van der Waals surface area (Å²) in [4.78, 5) is 4.97. The van der Waals surface area contributed by atoms with Crippen LogP contribution in [-0.4, -0.2) is 43.7 Å². The molecule has 2 unspecified atom stereocenters.